The Labute approximate surface area is 130 Å². The molecule has 0 spiro atoms. The van der Waals surface area contributed by atoms with Gasteiger partial charge in [0.1, 0.15) is 0 Å². The van der Waals surface area contributed by atoms with Crippen LogP contribution in [-0.2, 0) is 0 Å². The van der Waals surface area contributed by atoms with Crippen molar-refractivity contribution in [3.8, 4) is 0 Å². The Morgan fingerprint density at radius 1 is 1.14 bits per heavy atom. The Bertz CT molecular complexity index is 394. The Balaban J connectivity index is 1.84. The largest absolute Gasteiger partial charge is 0.312 e. The van der Waals surface area contributed by atoms with Gasteiger partial charge in [0.2, 0.25) is 0 Å². The van der Waals surface area contributed by atoms with E-state index in [4.69, 9.17) is 0 Å². The molecule has 0 bridgehead atoms. The molecule has 3 heteroatoms. The van der Waals surface area contributed by atoms with Crippen LogP contribution in [0.15, 0.2) is 30.3 Å². The molecule has 1 atom stereocenters. The van der Waals surface area contributed by atoms with Crippen molar-refractivity contribution in [3.05, 3.63) is 35.9 Å². The van der Waals surface area contributed by atoms with Crippen LogP contribution in [0.1, 0.15) is 38.3 Å². The average molecular weight is 289 g/mol. The Morgan fingerprint density at radius 2 is 1.76 bits per heavy atom. The molecule has 0 amide bonds. The highest BCUT2D eigenvalue weighted by Crippen LogP contribution is 2.18. The minimum atomic E-state index is 0.453. The van der Waals surface area contributed by atoms with Crippen LogP contribution in [-0.4, -0.2) is 55.6 Å². The maximum Gasteiger partial charge on any atom is 0.0466 e. The second-order valence-electron chi connectivity index (χ2n) is 6.70. The van der Waals surface area contributed by atoms with Gasteiger partial charge in [0, 0.05) is 24.7 Å². The van der Waals surface area contributed by atoms with Crippen LogP contribution < -0.4 is 5.32 Å². The maximum absolute atomic E-state index is 3.79. The number of hydrogen-bond donors (Lipinski definition) is 1. The van der Waals surface area contributed by atoms with Gasteiger partial charge in [0.05, 0.1) is 0 Å². The highest BCUT2D eigenvalue weighted by atomic mass is 15.2. The first-order chi connectivity index (χ1) is 10.1. The first-order valence-electron chi connectivity index (χ1n) is 8.26. The van der Waals surface area contributed by atoms with Gasteiger partial charge in [-0.15, -0.1) is 0 Å². The number of hydrogen-bond acceptors (Lipinski definition) is 3. The summed E-state index contributed by atoms with van der Waals surface area (Å²) in [6, 6.07) is 12.6. The van der Waals surface area contributed by atoms with Crippen molar-refractivity contribution in [2.45, 2.75) is 44.8 Å². The summed E-state index contributed by atoms with van der Waals surface area (Å²) in [5.41, 5.74) is 1.40. The molecule has 0 saturated carbocycles. The summed E-state index contributed by atoms with van der Waals surface area (Å²) in [5.74, 6) is 0. The quantitative estimate of drug-likeness (QED) is 0.869. The summed E-state index contributed by atoms with van der Waals surface area (Å²) in [5, 5.41) is 3.79. The van der Waals surface area contributed by atoms with E-state index in [1.54, 1.807) is 0 Å². The Morgan fingerprint density at radius 3 is 2.29 bits per heavy atom. The third kappa shape index (κ3) is 4.80. The molecule has 118 valence electrons. The first-order valence-corrected chi connectivity index (χ1v) is 8.26. The lowest BCUT2D eigenvalue weighted by Gasteiger charge is -2.36. The molecular formula is C18H31N3. The van der Waals surface area contributed by atoms with E-state index in [0.717, 1.165) is 6.54 Å². The number of nitrogens with zero attached hydrogens (tertiary/aromatic N) is 2. The van der Waals surface area contributed by atoms with E-state index in [1.807, 2.05) is 0 Å². The van der Waals surface area contributed by atoms with Crippen molar-refractivity contribution in [1.29, 1.82) is 0 Å². The molecule has 1 unspecified atom stereocenters. The summed E-state index contributed by atoms with van der Waals surface area (Å²) in [7, 11) is 4.33. The van der Waals surface area contributed by atoms with Crippen LogP contribution in [0.5, 0.6) is 0 Å². The van der Waals surface area contributed by atoms with Gasteiger partial charge in [-0.05, 0) is 59.4 Å². The number of benzene rings is 1. The zero-order chi connectivity index (χ0) is 15.2. The molecule has 1 fully saturated rings. The van der Waals surface area contributed by atoms with Crippen LogP contribution in [0.25, 0.3) is 0 Å². The average Bonchev–Trinajstić information content (AvgIpc) is 2.48. The van der Waals surface area contributed by atoms with E-state index in [0.29, 0.717) is 18.1 Å². The monoisotopic (exact) mass is 289 g/mol. The SMILES string of the molecule is CC(C)N1CCC(NCC(c2ccccc2)N(C)C)CC1. The summed E-state index contributed by atoms with van der Waals surface area (Å²) < 4.78 is 0. The number of likely N-dealkylation sites (tertiary alicyclic amines) is 1. The van der Waals surface area contributed by atoms with Crippen molar-refractivity contribution < 1.29 is 0 Å². The van der Waals surface area contributed by atoms with Gasteiger partial charge >= 0.3 is 0 Å². The standard InChI is InChI=1S/C18H31N3/c1-15(2)21-12-10-17(11-13-21)19-14-18(20(3)4)16-8-6-5-7-9-16/h5-9,15,17-19H,10-14H2,1-4H3. The number of rotatable bonds is 6. The molecule has 0 radical (unpaired) electrons. The second kappa shape index (κ2) is 7.92. The van der Waals surface area contributed by atoms with Crippen molar-refractivity contribution >= 4 is 0 Å². The zero-order valence-corrected chi connectivity index (χ0v) is 14.0. The topological polar surface area (TPSA) is 18.5 Å². The molecule has 1 saturated heterocycles. The molecule has 0 aliphatic carbocycles. The second-order valence-corrected chi connectivity index (χ2v) is 6.70. The van der Waals surface area contributed by atoms with Gasteiger partial charge in [-0.1, -0.05) is 30.3 Å². The van der Waals surface area contributed by atoms with Gasteiger partial charge in [0.15, 0.2) is 0 Å². The van der Waals surface area contributed by atoms with Crippen molar-refractivity contribution in [2.24, 2.45) is 0 Å². The van der Waals surface area contributed by atoms with E-state index in [2.05, 4.69) is 73.4 Å². The molecule has 1 aliphatic heterocycles. The van der Waals surface area contributed by atoms with Gasteiger partial charge in [-0.25, -0.2) is 0 Å². The van der Waals surface area contributed by atoms with E-state index in [-0.39, 0.29) is 0 Å². The maximum atomic E-state index is 3.79. The fourth-order valence-electron chi connectivity index (χ4n) is 3.17. The van der Waals surface area contributed by atoms with E-state index < -0.39 is 0 Å². The predicted molar refractivity (Wildman–Crippen MR) is 90.6 cm³/mol. The van der Waals surface area contributed by atoms with Crippen molar-refractivity contribution in [2.75, 3.05) is 33.7 Å². The molecule has 2 rings (SSSR count). The minimum Gasteiger partial charge on any atom is -0.312 e. The van der Waals surface area contributed by atoms with Crippen molar-refractivity contribution in [1.82, 2.24) is 15.1 Å². The first kappa shape index (κ1) is 16.5. The summed E-state index contributed by atoms with van der Waals surface area (Å²) in [6.45, 7) is 8.08. The molecule has 3 nitrogen and oxygen atoms in total. The van der Waals surface area contributed by atoms with Crippen LogP contribution in [0, 0.1) is 0 Å². The lowest BCUT2D eigenvalue weighted by Crippen LogP contribution is -2.46. The molecule has 1 aromatic carbocycles. The number of piperidine rings is 1. The van der Waals surface area contributed by atoms with Gasteiger partial charge < -0.3 is 15.1 Å². The molecule has 21 heavy (non-hydrogen) atoms. The number of nitrogens with one attached hydrogen (secondary N) is 1. The molecule has 1 N–H and O–H groups in total. The van der Waals surface area contributed by atoms with Crippen LogP contribution in [0.2, 0.25) is 0 Å². The minimum absolute atomic E-state index is 0.453. The molecule has 0 aromatic heterocycles. The predicted octanol–water partition coefficient (Wildman–Crippen LogP) is 2.75. The fourth-order valence-corrected chi connectivity index (χ4v) is 3.17. The number of likely N-dealkylation sites (N-methyl/N-ethyl adjacent to an activating group) is 1. The van der Waals surface area contributed by atoms with Crippen molar-refractivity contribution in [3.63, 3.8) is 0 Å². The van der Waals surface area contributed by atoms with Gasteiger partial charge in [-0.3, -0.25) is 0 Å². The molecule has 1 heterocycles. The molecule has 1 aliphatic rings. The highest BCUT2D eigenvalue weighted by molar-refractivity contribution is 5.19. The van der Waals surface area contributed by atoms with E-state index in [1.165, 1.54) is 31.5 Å². The van der Waals surface area contributed by atoms with E-state index >= 15 is 0 Å². The smallest absolute Gasteiger partial charge is 0.0466 e. The van der Waals surface area contributed by atoms with Gasteiger partial charge in [0.25, 0.3) is 0 Å². The summed E-state index contributed by atoms with van der Waals surface area (Å²) in [4.78, 5) is 4.89. The normalized spacial score (nSPS) is 19.3. The van der Waals surface area contributed by atoms with Crippen LogP contribution in [0.3, 0.4) is 0 Å². The molecular weight excluding hydrogens is 258 g/mol. The Kier molecular flexibility index (Phi) is 6.22. The van der Waals surface area contributed by atoms with Crippen LogP contribution in [0.4, 0.5) is 0 Å². The summed E-state index contributed by atoms with van der Waals surface area (Å²) >= 11 is 0. The summed E-state index contributed by atoms with van der Waals surface area (Å²) in [6.07, 6.45) is 2.54. The fraction of sp³-hybridized carbons (Fsp3) is 0.667. The zero-order valence-electron chi connectivity index (χ0n) is 14.0. The lowest BCUT2D eigenvalue weighted by molar-refractivity contribution is 0.156. The van der Waals surface area contributed by atoms with E-state index in [9.17, 15) is 0 Å². The molecule has 1 aromatic rings. The van der Waals surface area contributed by atoms with Crippen LogP contribution >= 0.6 is 0 Å². The lowest BCUT2D eigenvalue weighted by atomic mass is 10.0. The van der Waals surface area contributed by atoms with Gasteiger partial charge in [-0.2, -0.15) is 0 Å². The third-order valence-corrected chi connectivity index (χ3v) is 4.67. The highest BCUT2D eigenvalue weighted by Gasteiger charge is 2.22. The third-order valence-electron chi connectivity index (χ3n) is 4.67. The Hall–Kier alpha value is -0.900.